The Morgan fingerprint density at radius 2 is 1.76 bits per heavy atom. The van der Waals surface area contributed by atoms with E-state index in [2.05, 4.69) is 6.07 Å². The zero-order valence-electron chi connectivity index (χ0n) is 16.2. The van der Waals surface area contributed by atoms with Crippen molar-refractivity contribution in [2.45, 2.75) is 43.8 Å². The van der Waals surface area contributed by atoms with Crippen molar-refractivity contribution in [3.63, 3.8) is 0 Å². The summed E-state index contributed by atoms with van der Waals surface area (Å²) in [6.45, 7) is 1.92. The summed E-state index contributed by atoms with van der Waals surface area (Å²) in [5.74, 6) is -1.56. The molecule has 148 valence electrons. The summed E-state index contributed by atoms with van der Waals surface area (Å²) in [5.41, 5.74) is -0.370. The molecule has 0 radical (unpaired) electrons. The Bertz CT molecular complexity index is 1090. The maximum Gasteiger partial charge on any atom is 0.240 e. The van der Waals surface area contributed by atoms with Gasteiger partial charge in [-0.15, -0.1) is 0 Å². The van der Waals surface area contributed by atoms with Crippen molar-refractivity contribution in [2.75, 3.05) is 11.5 Å². The minimum atomic E-state index is -0.765. The molecule has 5 rings (SSSR count). The van der Waals surface area contributed by atoms with Gasteiger partial charge in [-0.25, -0.2) is 4.90 Å². The summed E-state index contributed by atoms with van der Waals surface area (Å²) in [6, 6.07) is 12.9. The first-order valence-electron chi connectivity index (χ1n) is 10.1. The number of rotatable bonds is 4. The van der Waals surface area contributed by atoms with Crippen LogP contribution in [0.5, 0.6) is 0 Å². The molecule has 2 aromatic carbocycles. The second-order valence-electron chi connectivity index (χ2n) is 8.32. The van der Waals surface area contributed by atoms with Crippen LogP contribution < -0.4 is 4.90 Å². The number of fused-ring (bicyclic) bond motifs is 6. The number of hydrogen-bond donors (Lipinski definition) is 1. The Balaban J connectivity index is 1.67. The van der Waals surface area contributed by atoms with E-state index in [0.29, 0.717) is 35.9 Å². The SMILES string of the molecule is CCC12CCC(CCO)(O1)[C@H]1C(=O)N(c3ccc(C#N)c4ccccc34)C(=O)[C@H]12. The molecule has 6 nitrogen and oxygen atoms in total. The average molecular weight is 390 g/mol. The third-order valence-corrected chi connectivity index (χ3v) is 7.21. The molecular formula is C23H22N2O4. The fraction of sp³-hybridized carbons (Fsp3) is 0.435. The van der Waals surface area contributed by atoms with Crippen LogP contribution in [-0.2, 0) is 14.3 Å². The third kappa shape index (κ3) is 2.17. The molecule has 3 aliphatic rings. The van der Waals surface area contributed by atoms with Gasteiger partial charge in [-0.2, -0.15) is 5.26 Å². The van der Waals surface area contributed by atoms with Crippen molar-refractivity contribution in [1.29, 1.82) is 5.26 Å². The van der Waals surface area contributed by atoms with Gasteiger partial charge in [0.15, 0.2) is 0 Å². The lowest BCUT2D eigenvalue weighted by Gasteiger charge is -2.30. The number of nitriles is 1. The van der Waals surface area contributed by atoms with E-state index in [4.69, 9.17) is 4.74 Å². The fourth-order valence-corrected chi connectivity index (χ4v) is 5.90. The summed E-state index contributed by atoms with van der Waals surface area (Å²) in [5, 5.41) is 20.5. The van der Waals surface area contributed by atoms with E-state index < -0.39 is 23.0 Å². The lowest BCUT2D eigenvalue weighted by Crippen LogP contribution is -2.43. The minimum absolute atomic E-state index is 0.0791. The normalized spacial score (nSPS) is 32.8. The predicted octanol–water partition coefficient (Wildman–Crippen LogP) is 2.91. The third-order valence-electron chi connectivity index (χ3n) is 7.21. The second kappa shape index (κ2) is 6.12. The molecule has 4 atom stereocenters. The number of anilines is 1. The van der Waals surface area contributed by atoms with Crippen molar-refractivity contribution in [1.82, 2.24) is 0 Å². The topological polar surface area (TPSA) is 90.6 Å². The molecule has 0 spiro atoms. The van der Waals surface area contributed by atoms with Gasteiger partial charge in [-0.1, -0.05) is 31.2 Å². The lowest BCUT2D eigenvalue weighted by atomic mass is 9.66. The average Bonchev–Trinajstić information content (AvgIpc) is 3.34. The highest BCUT2D eigenvalue weighted by Crippen LogP contribution is 2.63. The first kappa shape index (κ1) is 18.3. The van der Waals surface area contributed by atoms with Gasteiger partial charge in [-0.3, -0.25) is 9.59 Å². The lowest BCUT2D eigenvalue weighted by molar-refractivity contribution is -0.132. The monoisotopic (exact) mass is 390 g/mol. The molecule has 0 saturated carbocycles. The minimum Gasteiger partial charge on any atom is -0.396 e. The van der Waals surface area contributed by atoms with Crippen molar-refractivity contribution in [3.05, 3.63) is 42.0 Å². The molecule has 3 heterocycles. The molecule has 2 unspecified atom stereocenters. The highest BCUT2D eigenvalue weighted by atomic mass is 16.5. The van der Waals surface area contributed by atoms with E-state index in [-0.39, 0.29) is 18.4 Å². The first-order chi connectivity index (χ1) is 14.0. The summed E-state index contributed by atoms with van der Waals surface area (Å²) in [4.78, 5) is 28.5. The standard InChI is InChI=1S/C23H22N2O4/c1-2-22-9-10-23(29-22,11-12-26)19-18(22)20(27)25(21(19)28)17-8-7-14(13-24)15-5-3-4-6-16(15)17/h3-8,18-19,26H,2,9-12H2,1H3/t18-,19+,22?,23?/m0/s1. The van der Waals surface area contributed by atoms with Crippen LogP contribution in [0.15, 0.2) is 36.4 Å². The number of carbonyl (C=O) groups excluding carboxylic acids is 2. The Morgan fingerprint density at radius 1 is 1.10 bits per heavy atom. The molecular weight excluding hydrogens is 368 g/mol. The van der Waals surface area contributed by atoms with E-state index in [1.165, 1.54) is 4.90 Å². The number of imide groups is 1. The molecule has 29 heavy (non-hydrogen) atoms. The molecule has 2 amide bonds. The second-order valence-corrected chi connectivity index (χ2v) is 8.32. The van der Waals surface area contributed by atoms with Gasteiger partial charge in [-0.05, 0) is 31.4 Å². The predicted molar refractivity (Wildman–Crippen MR) is 106 cm³/mol. The van der Waals surface area contributed by atoms with Crippen LogP contribution in [0, 0.1) is 23.2 Å². The van der Waals surface area contributed by atoms with Gasteiger partial charge in [0.05, 0.1) is 40.4 Å². The zero-order chi connectivity index (χ0) is 20.4. The highest BCUT2D eigenvalue weighted by molar-refractivity contribution is 6.26. The summed E-state index contributed by atoms with van der Waals surface area (Å²) >= 11 is 0. The molecule has 6 heteroatoms. The quantitative estimate of drug-likeness (QED) is 0.811. The number of aliphatic hydroxyl groups is 1. The maximum atomic E-state index is 13.6. The van der Waals surface area contributed by atoms with Gasteiger partial charge in [0.1, 0.15) is 0 Å². The number of hydrogen-bond acceptors (Lipinski definition) is 5. The molecule has 0 aromatic heterocycles. The largest absolute Gasteiger partial charge is 0.396 e. The molecule has 2 bridgehead atoms. The van der Waals surface area contributed by atoms with Crippen LogP contribution >= 0.6 is 0 Å². The van der Waals surface area contributed by atoms with E-state index in [1.54, 1.807) is 12.1 Å². The zero-order valence-corrected chi connectivity index (χ0v) is 16.2. The van der Waals surface area contributed by atoms with E-state index >= 15 is 0 Å². The number of aliphatic hydroxyl groups excluding tert-OH is 1. The van der Waals surface area contributed by atoms with Gasteiger partial charge in [0.25, 0.3) is 0 Å². The van der Waals surface area contributed by atoms with Crippen LogP contribution in [0.4, 0.5) is 5.69 Å². The Labute approximate surface area is 168 Å². The van der Waals surface area contributed by atoms with E-state index in [9.17, 15) is 20.0 Å². The number of ether oxygens (including phenoxy) is 1. The van der Waals surface area contributed by atoms with Crippen molar-refractivity contribution >= 4 is 28.3 Å². The van der Waals surface area contributed by atoms with Crippen molar-refractivity contribution < 1.29 is 19.4 Å². The van der Waals surface area contributed by atoms with Gasteiger partial charge >= 0.3 is 0 Å². The van der Waals surface area contributed by atoms with Gasteiger partial charge in [0, 0.05) is 23.8 Å². The van der Waals surface area contributed by atoms with Gasteiger partial charge < -0.3 is 9.84 Å². The molecule has 2 aromatic rings. The first-order valence-corrected chi connectivity index (χ1v) is 10.1. The smallest absolute Gasteiger partial charge is 0.240 e. The van der Waals surface area contributed by atoms with Crippen LogP contribution in [0.25, 0.3) is 10.8 Å². The number of amides is 2. The molecule has 3 saturated heterocycles. The van der Waals surface area contributed by atoms with Gasteiger partial charge in [0.2, 0.25) is 11.8 Å². The summed E-state index contributed by atoms with van der Waals surface area (Å²) in [7, 11) is 0. The highest BCUT2D eigenvalue weighted by Gasteiger charge is 2.74. The molecule has 0 aliphatic carbocycles. The molecule has 3 aliphatic heterocycles. The number of carbonyl (C=O) groups is 2. The van der Waals surface area contributed by atoms with Crippen LogP contribution in [0.2, 0.25) is 0 Å². The maximum absolute atomic E-state index is 13.6. The Hall–Kier alpha value is -2.75. The number of benzene rings is 2. The van der Waals surface area contributed by atoms with Crippen molar-refractivity contribution in [3.8, 4) is 6.07 Å². The Morgan fingerprint density at radius 3 is 2.41 bits per heavy atom. The van der Waals surface area contributed by atoms with Crippen LogP contribution in [0.3, 0.4) is 0 Å². The van der Waals surface area contributed by atoms with E-state index in [0.717, 1.165) is 11.8 Å². The van der Waals surface area contributed by atoms with Crippen LogP contribution in [-0.4, -0.2) is 34.7 Å². The van der Waals surface area contributed by atoms with Crippen LogP contribution in [0.1, 0.15) is 38.2 Å². The van der Waals surface area contributed by atoms with E-state index in [1.807, 2.05) is 31.2 Å². The molecule has 1 N–H and O–H groups in total. The number of nitrogens with zero attached hydrogens (tertiary/aromatic N) is 2. The molecule has 3 fully saturated rings. The van der Waals surface area contributed by atoms with Crippen molar-refractivity contribution in [2.24, 2.45) is 11.8 Å². The summed E-state index contributed by atoms with van der Waals surface area (Å²) < 4.78 is 6.38. The Kier molecular flexibility index (Phi) is 3.86. The fourth-order valence-electron chi connectivity index (χ4n) is 5.90. The summed E-state index contributed by atoms with van der Waals surface area (Å²) in [6.07, 6.45) is 2.43.